The van der Waals surface area contributed by atoms with Crippen LogP contribution in [0.25, 0.3) is 43.9 Å². The van der Waals surface area contributed by atoms with Crippen LogP contribution in [0.5, 0.6) is 11.5 Å². The van der Waals surface area contributed by atoms with Crippen molar-refractivity contribution in [2.24, 2.45) is 0 Å². The molecule has 0 aliphatic rings. The Hall–Kier alpha value is -2.10. The molecule has 0 amide bonds. The van der Waals surface area contributed by atoms with Crippen molar-refractivity contribution in [3.63, 3.8) is 0 Å². The smallest absolute Gasteiger partial charge is 0.455 e. The standard InChI is InChI=1S/C20H6F6I2O4/c21-19(22,23)31-7-1-3-9-11(5-7)29-17-13(9)15(27)18-14(16(17)28)10-4-2-8(6-12(10)30-18)32-20(24,25)26/h1-6H. The van der Waals surface area contributed by atoms with Crippen molar-refractivity contribution >= 4 is 89.1 Å². The lowest BCUT2D eigenvalue weighted by atomic mass is 10.1. The van der Waals surface area contributed by atoms with E-state index in [1.165, 1.54) is 24.3 Å². The van der Waals surface area contributed by atoms with Crippen molar-refractivity contribution in [1.29, 1.82) is 0 Å². The summed E-state index contributed by atoms with van der Waals surface area (Å²) in [5.41, 5.74) is 1.21. The van der Waals surface area contributed by atoms with E-state index in [-0.39, 0.29) is 11.2 Å². The molecule has 166 valence electrons. The summed E-state index contributed by atoms with van der Waals surface area (Å²) in [6, 6.07) is 7.55. The number of halogens is 8. The molecule has 5 rings (SSSR count). The summed E-state index contributed by atoms with van der Waals surface area (Å²) in [6.07, 6.45) is -9.67. The Kier molecular flexibility index (Phi) is 4.89. The van der Waals surface area contributed by atoms with Gasteiger partial charge >= 0.3 is 12.7 Å². The van der Waals surface area contributed by atoms with Gasteiger partial charge in [0.2, 0.25) is 0 Å². The minimum atomic E-state index is -4.84. The number of hydrogen-bond donors (Lipinski definition) is 0. The van der Waals surface area contributed by atoms with Crippen LogP contribution in [0, 0.1) is 7.14 Å². The molecule has 0 aliphatic heterocycles. The maximum absolute atomic E-state index is 12.6. The zero-order valence-corrected chi connectivity index (χ0v) is 19.4. The number of fused-ring (bicyclic) bond motifs is 6. The van der Waals surface area contributed by atoms with Crippen LogP contribution in [-0.2, 0) is 0 Å². The third kappa shape index (κ3) is 3.70. The Morgan fingerprint density at radius 2 is 1.00 bits per heavy atom. The van der Waals surface area contributed by atoms with Gasteiger partial charge in [-0.3, -0.25) is 0 Å². The summed E-state index contributed by atoms with van der Waals surface area (Å²) >= 11 is 4.03. The van der Waals surface area contributed by atoms with E-state index >= 15 is 0 Å². The molecule has 12 heteroatoms. The fraction of sp³-hybridized carbons (Fsp3) is 0.100. The van der Waals surface area contributed by atoms with Crippen LogP contribution in [0.3, 0.4) is 0 Å². The number of alkyl halides is 6. The van der Waals surface area contributed by atoms with Crippen molar-refractivity contribution in [3.8, 4) is 11.5 Å². The topological polar surface area (TPSA) is 44.7 Å². The van der Waals surface area contributed by atoms with E-state index in [0.29, 0.717) is 39.9 Å². The zero-order valence-electron chi connectivity index (χ0n) is 15.1. The average molecular weight is 678 g/mol. The summed E-state index contributed by atoms with van der Waals surface area (Å²) < 4.78 is 96.1. The number of rotatable bonds is 2. The number of benzene rings is 3. The normalized spacial score (nSPS) is 13.0. The Labute approximate surface area is 200 Å². The predicted molar refractivity (Wildman–Crippen MR) is 120 cm³/mol. The molecule has 0 radical (unpaired) electrons. The molecule has 0 saturated heterocycles. The summed E-state index contributed by atoms with van der Waals surface area (Å²) in [5, 5.41) is 2.31. The summed E-state index contributed by atoms with van der Waals surface area (Å²) in [5.74, 6) is -0.833. The van der Waals surface area contributed by atoms with Gasteiger partial charge in [0, 0.05) is 33.7 Å². The van der Waals surface area contributed by atoms with Crippen LogP contribution in [0.4, 0.5) is 26.3 Å². The largest absolute Gasteiger partial charge is 0.573 e. The molecule has 0 saturated carbocycles. The highest BCUT2D eigenvalue weighted by atomic mass is 127. The monoisotopic (exact) mass is 678 g/mol. The highest BCUT2D eigenvalue weighted by Crippen LogP contribution is 2.45. The Balaban J connectivity index is 1.75. The van der Waals surface area contributed by atoms with Crippen LogP contribution in [0.15, 0.2) is 45.2 Å². The fourth-order valence-electron chi connectivity index (χ4n) is 3.52. The van der Waals surface area contributed by atoms with Gasteiger partial charge in [0.15, 0.2) is 11.2 Å². The van der Waals surface area contributed by atoms with Crippen LogP contribution < -0.4 is 9.47 Å². The van der Waals surface area contributed by atoms with Gasteiger partial charge in [-0.1, -0.05) is 0 Å². The highest BCUT2D eigenvalue weighted by Gasteiger charge is 2.32. The second-order valence-corrected chi connectivity index (χ2v) is 8.81. The molecule has 0 bridgehead atoms. The third-order valence-corrected chi connectivity index (χ3v) is 6.69. The molecular formula is C20H6F6I2O4. The molecular weight excluding hydrogens is 672 g/mol. The van der Waals surface area contributed by atoms with Gasteiger partial charge in [0.05, 0.1) is 7.14 Å². The van der Waals surface area contributed by atoms with Crippen molar-refractivity contribution < 1.29 is 44.7 Å². The van der Waals surface area contributed by atoms with Crippen molar-refractivity contribution in [2.75, 3.05) is 0 Å². The lowest BCUT2D eigenvalue weighted by molar-refractivity contribution is -0.275. The first-order valence-corrected chi connectivity index (χ1v) is 10.8. The van der Waals surface area contributed by atoms with Gasteiger partial charge in [-0.25, -0.2) is 0 Å². The van der Waals surface area contributed by atoms with Gasteiger partial charge in [-0.2, -0.15) is 0 Å². The van der Waals surface area contributed by atoms with E-state index in [1.54, 1.807) is 0 Å². The molecule has 0 aliphatic carbocycles. The number of furan rings is 2. The van der Waals surface area contributed by atoms with Crippen LogP contribution in [0.2, 0.25) is 0 Å². The van der Waals surface area contributed by atoms with E-state index in [9.17, 15) is 26.3 Å². The summed E-state index contributed by atoms with van der Waals surface area (Å²) in [7, 11) is 0. The SMILES string of the molecule is FC(F)(F)Oc1ccc2c(c1)oc1c(I)c3c(oc4cc(OC(F)(F)F)ccc43)c(I)c12. The predicted octanol–water partition coefficient (Wildman–Crippen LogP) is 8.49. The first-order chi connectivity index (χ1) is 14.9. The quantitative estimate of drug-likeness (QED) is 0.139. The minimum absolute atomic E-state index is 0.190. The molecule has 0 N–H and O–H groups in total. The molecule has 2 aromatic heterocycles. The van der Waals surface area contributed by atoms with Crippen molar-refractivity contribution in [2.45, 2.75) is 12.7 Å². The second kappa shape index (κ2) is 7.20. The van der Waals surface area contributed by atoms with Crippen LogP contribution in [-0.4, -0.2) is 12.7 Å². The van der Waals surface area contributed by atoms with E-state index in [1.807, 2.05) is 45.2 Å². The third-order valence-electron chi connectivity index (χ3n) is 4.63. The van der Waals surface area contributed by atoms with E-state index < -0.39 is 24.2 Å². The summed E-state index contributed by atoms with van der Waals surface area (Å²) in [6.45, 7) is 0. The van der Waals surface area contributed by atoms with Crippen molar-refractivity contribution in [1.82, 2.24) is 0 Å². The van der Waals surface area contributed by atoms with Crippen LogP contribution >= 0.6 is 45.2 Å². The molecule has 4 nitrogen and oxygen atoms in total. The Morgan fingerprint density at radius 3 is 1.34 bits per heavy atom. The lowest BCUT2D eigenvalue weighted by Gasteiger charge is -2.07. The molecule has 0 spiro atoms. The summed E-state index contributed by atoms with van der Waals surface area (Å²) in [4.78, 5) is 0. The number of hydrogen-bond acceptors (Lipinski definition) is 4. The first-order valence-electron chi connectivity index (χ1n) is 8.62. The molecule has 0 atom stereocenters. The highest BCUT2D eigenvalue weighted by molar-refractivity contribution is 14.1. The van der Waals surface area contributed by atoms with E-state index in [0.717, 1.165) is 12.1 Å². The van der Waals surface area contributed by atoms with Gasteiger partial charge < -0.3 is 18.3 Å². The van der Waals surface area contributed by atoms with E-state index in [4.69, 9.17) is 8.83 Å². The number of ether oxygens (including phenoxy) is 2. The molecule has 2 heterocycles. The molecule has 32 heavy (non-hydrogen) atoms. The Bertz CT molecular complexity index is 1420. The van der Waals surface area contributed by atoms with E-state index in [2.05, 4.69) is 9.47 Å². The maximum atomic E-state index is 12.6. The average Bonchev–Trinajstić information content (AvgIpc) is 3.22. The fourth-order valence-corrected chi connectivity index (χ4v) is 5.35. The second-order valence-electron chi connectivity index (χ2n) is 6.65. The lowest BCUT2D eigenvalue weighted by Crippen LogP contribution is -2.16. The zero-order chi connectivity index (χ0) is 23.0. The Morgan fingerprint density at radius 1 is 0.625 bits per heavy atom. The minimum Gasteiger partial charge on any atom is -0.455 e. The molecule has 0 unspecified atom stereocenters. The van der Waals surface area contributed by atoms with Gasteiger partial charge in [0.25, 0.3) is 0 Å². The first kappa shape index (κ1) is 21.7. The van der Waals surface area contributed by atoms with Crippen LogP contribution in [0.1, 0.15) is 0 Å². The van der Waals surface area contributed by atoms with Gasteiger partial charge in [-0.05, 0) is 69.4 Å². The molecule has 5 aromatic rings. The maximum Gasteiger partial charge on any atom is 0.573 e. The van der Waals surface area contributed by atoms with Crippen molar-refractivity contribution in [3.05, 3.63) is 43.5 Å². The molecule has 0 fully saturated rings. The van der Waals surface area contributed by atoms with Gasteiger partial charge in [0.1, 0.15) is 22.7 Å². The van der Waals surface area contributed by atoms with Gasteiger partial charge in [-0.15, -0.1) is 26.3 Å². The molecule has 3 aromatic carbocycles.